The summed E-state index contributed by atoms with van der Waals surface area (Å²) in [5.74, 6) is 1.76. The lowest BCUT2D eigenvalue weighted by atomic mass is 9.93. The van der Waals surface area contributed by atoms with Crippen molar-refractivity contribution >= 4 is 23.4 Å². The predicted molar refractivity (Wildman–Crippen MR) is 171 cm³/mol. The molecule has 0 fully saturated rings. The van der Waals surface area contributed by atoms with E-state index in [1.165, 1.54) is 62.6 Å². The van der Waals surface area contributed by atoms with E-state index < -0.39 is 0 Å². The van der Waals surface area contributed by atoms with E-state index in [0.29, 0.717) is 0 Å². The van der Waals surface area contributed by atoms with Gasteiger partial charge in [-0.15, -0.1) is 0 Å². The van der Waals surface area contributed by atoms with Crippen LogP contribution >= 0.6 is 0 Å². The lowest BCUT2D eigenvalue weighted by Crippen LogP contribution is -2.34. The van der Waals surface area contributed by atoms with Gasteiger partial charge in [0.2, 0.25) is 0 Å². The summed E-state index contributed by atoms with van der Waals surface area (Å²) < 4.78 is 0. The van der Waals surface area contributed by atoms with Crippen LogP contribution in [0.5, 0.6) is 0 Å². The summed E-state index contributed by atoms with van der Waals surface area (Å²) in [4.78, 5) is 16.1. The maximum atomic E-state index is 13.4. The number of hydrogen-bond acceptors (Lipinski definition) is 3. The number of rotatable bonds is 18. The molecule has 4 unspecified atom stereocenters. The van der Waals surface area contributed by atoms with Gasteiger partial charge in [0.25, 0.3) is 5.91 Å². The Morgan fingerprint density at radius 2 is 1.46 bits per heavy atom. The Morgan fingerprint density at radius 3 is 1.92 bits per heavy atom. The van der Waals surface area contributed by atoms with Crippen molar-refractivity contribution in [2.45, 2.75) is 133 Å². The second-order valence-electron chi connectivity index (χ2n) is 12.0. The third-order valence-electron chi connectivity index (χ3n) is 8.98. The number of anilines is 1. The Labute approximate surface area is 241 Å². The highest BCUT2D eigenvalue weighted by Crippen LogP contribution is 2.30. The highest BCUT2D eigenvalue weighted by Gasteiger charge is 2.34. The largest absolute Gasteiger partial charge is 0.371 e. The minimum Gasteiger partial charge on any atom is -0.371 e. The van der Waals surface area contributed by atoms with Gasteiger partial charge in [-0.1, -0.05) is 93.1 Å². The summed E-state index contributed by atoms with van der Waals surface area (Å²) in [6.45, 7) is 22.3. The summed E-state index contributed by atoms with van der Waals surface area (Å²) in [6.07, 6.45) is 14.2. The molecule has 220 valence electrons. The number of hydrogen-bond donors (Lipinski definition) is 0. The van der Waals surface area contributed by atoms with Crippen molar-refractivity contribution in [3.05, 3.63) is 34.9 Å². The molecule has 1 aromatic rings. The number of hydrazone groups is 1. The SMILES string of the molecule is CCCCC(CC)CN(CC(CC)CCCC)c1ccc(C=C2C(=O)N(C(C)CC)N=C2C(C)CC)c(C)c1. The molecule has 2 rings (SSSR count). The number of carbonyl (C=O) groups excluding carboxylic acids is 1. The highest BCUT2D eigenvalue weighted by atomic mass is 16.2. The maximum Gasteiger partial charge on any atom is 0.276 e. The lowest BCUT2D eigenvalue weighted by molar-refractivity contribution is -0.127. The van der Waals surface area contributed by atoms with Crippen LogP contribution in [0.3, 0.4) is 0 Å². The van der Waals surface area contributed by atoms with Gasteiger partial charge in [-0.2, -0.15) is 5.10 Å². The van der Waals surface area contributed by atoms with Gasteiger partial charge in [-0.3, -0.25) is 4.79 Å². The first-order chi connectivity index (χ1) is 18.7. The average molecular weight is 538 g/mol. The maximum absolute atomic E-state index is 13.4. The van der Waals surface area contributed by atoms with Crippen LogP contribution in [0.1, 0.15) is 131 Å². The summed E-state index contributed by atoms with van der Waals surface area (Å²) >= 11 is 0. The fraction of sp³-hybridized carbons (Fsp3) is 0.714. The Hall–Kier alpha value is -2.10. The fourth-order valence-electron chi connectivity index (χ4n) is 5.53. The molecule has 0 spiro atoms. The number of unbranched alkanes of at least 4 members (excludes halogenated alkanes) is 2. The molecule has 0 aromatic heterocycles. The zero-order valence-electron chi connectivity index (χ0n) is 26.9. The minimum atomic E-state index is 0.0492. The normalized spacial score (nSPS) is 17.9. The summed E-state index contributed by atoms with van der Waals surface area (Å²) in [7, 11) is 0. The molecule has 4 heteroatoms. The molecule has 0 saturated carbocycles. The van der Waals surface area contributed by atoms with Crippen molar-refractivity contribution in [1.29, 1.82) is 0 Å². The Morgan fingerprint density at radius 1 is 0.872 bits per heavy atom. The number of carbonyl (C=O) groups is 1. The topological polar surface area (TPSA) is 35.9 Å². The quantitative estimate of drug-likeness (QED) is 0.175. The van der Waals surface area contributed by atoms with E-state index in [4.69, 9.17) is 5.10 Å². The molecule has 0 bridgehead atoms. The van der Waals surface area contributed by atoms with Gasteiger partial charge in [0.1, 0.15) is 0 Å². The van der Waals surface area contributed by atoms with Crippen molar-refractivity contribution in [3.8, 4) is 0 Å². The summed E-state index contributed by atoms with van der Waals surface area (Å²) in [5, 5.41) is 6.53. The first-order valence-corrected chi connectivity index (χ1v) is 16.2. The molecule has 4 nitrogen and oxygen atoms in total. The van der Waals surface area contributed by atoms with Crippen LogP contribution in [0.25, 0.3) is 6.08 Å². The third kappa shape index (κ3) is 9.22. The van der Waals surface area contributed by atoms with E-state index in [9.17, 15) is 4.79 Å². The van der Waals surface area contributed by atoms with Crippen LogP contribution in [-0.2, 0) is 4.79 Å². The van der Waals surface area contributed by atoms with Crippen LogP contribution in [0.2, 0.25) is 0 Å². The molecule has 0 N–H and O–H groups in total. The monoisotopic (exact) mass is 537 g/mol. The second-order valence-corrected chi connectivity index (χ2v) is 12.0. The van der Waals surface area contributed by atoms with E-state index in [-0.39, 0.29) is 17.9 Å². The summed E-state index contributed by atoms with van der Waals surface area (Å²) in [6, 6.07) is 7.00. The molecule has 1 heterocycles. The minimum absolute atomic E-state index is 0.0492. The predicted octanol–water partition coefficient (Wildman–Crippen LogP) is 9.66. The van der Waals surface area contributed by atoms with Gasteiger partial charge in [0.15, 0.2) is 0 Å². The van der Waals surface area contributed by atoms with Crippen LogP contribution in [0.15, 0.2) is 28.9 Å². The van der Waals surface area contributed by atoms with Crippen molar-refractivity contribution < 1.29 is 4.79 Å². The van der Waals surface area contributed by atoms with Gasteiger partial charge in [-0.25, -0.2) is 5.01 Å². The number of aryl methyl sites for hydroxylation is 1. The van der Waals surface area contributed by atoms with Gasteiger partial charge >= 0.3 is 0 Å². The van der Waals surface area contributed by atoms with Crippen LogP contribution in [0, 0.1) is 24.7 Å². The van der Waals surface area contributed by atoms with Gasteiger partial charge < -0.3 is 4.90 Å². The smallest absolute Gasteiger partial charge is 0.276 e. The van der Waals surface area contributed by atoms with Crippen molar-refractivity contribution in [2.24, 2.45) is 22.9 Å². The first-order valence-electron chi connectivity index (χ1n) is 16.2. The Bertz CT molecular complexity index is 931. The molecular weight excluding hydrogens is 478 g/mol. The molecule has 4 atom stereocenters. The molecule has 0 radical (unpaired) electrons. The standard InChI is InChI=1S/C35H59N3O/c1-10-16-18-29(14-5)24-37(25-30(15-6)19-17-11-2)32-21-20-31(27(8)22-32)23-33-34(26(7)12-3)36-38(35(33)39)28(9)13-4/h20-23,26,28-30H,10-19,24-25H2,1-9H3. The third-order valence-corrected chi connectivity index (χ3v) is 8.98. The number of benzene rings is 1. The van der Waals surface area contributed by atoms with Crippen LogP contribution in [0.4, 0.5) is 5.69 Å². The van der Waals surface area contributed by atoms with Crippen molar-refractivity contribution in [3.63, 3.8) is 0 Å². The van der Waals surface area contributed by atoms with Gasteiger partial charge in [0.05, 0.1) is 17.3 Å². The highest BCUT2D eigenvalue weighted by molar-refractivity contribution is 6.28. The molecule has 0 saturated heterocycles. The zero-order valence-corrected chi connectivity index (χ0v) is 26.9. The molecule has 0 aliphatic carbocycles. The second kappa shape index (κ2) is 16.9. The van der Waals surface area contributed by atoms with E-state index >= 15 is 0 Å². The van der Waals surface area contributed by atoms with Gasteiger partial charge in [-0.05, 0) is 80.7 Å². The van der Waals surface area contributed by atoms with Crippen LogP contribution < -0.4 is 4.90 Å². The van der Waals surface area contributed by atoms with Crippen molar-refractivity contribution in [2.75, 3.05) is 18.0 Å². The van der Waals surface area contributed by atoms with Crippen molar-refractivity contribution in [1.82, 2.24) is 5.01 Å². The molecule has 1 aliphatic heterocycles. The zero-order chi connectivity index (χ0) is 28.9. The molecule has 1 aromatic carbocycles. The lowest BCUT2D eigenvalue weighted by Gasteiger charge is -2.33. The van der Waals surface area contributed by atoms with Crippen LogP contribution in [-0.4, -0.2) is 35.8 Å². The average Bonchev–Trinajstić information content (AvgIpc) is 3.27. The Balaban J connectivity index is 2.41. The molecule has 39 heavy (non-hydrogen) atoms. The molecule has 1 aliphatic rings. The number of amides is 1. The molecule has 1 amide bonds. The first kappa shape index (κ1) is 33.1. The number of nitrogens with zero attached hydrogens (tertiary/aromatic N) is 3. The van der Waals surface area contributed by atoms with E-state index in [1.807, 2.05) is 0 Å². The molecular formula is C35H59N3O. The Kier molecular flexibility index (Phi) is 14.3. The van der Waals surface area contributed by atoms with E-state index in [1.54, 1.807) is 5.01 Å². The fourth-order valence-corrected chi connectivity index (χ4v) is 5.53. The van der Waals surface area contributed by atoms with E-state index in [2.05, 4.69) is 91.5 Å². The van der Waals surface area contributed by atoms with E-state index in [0.717, 1.165) is 54.6 Å². The summed E-state index contributed by atoms with van der Waals surface area (Å²) in [5.41, 5.74) is 5.39. The van der Waals surface area contributed by atoms with Gasteiger partial charge in [0, 0.05) is 24.7 Å².